The van der Waals surface area contributed by atoms with Crippen molar-refractivity contribution >= 4 is 21.7 Å². The molecule has 138 valence electrons. The van der Waals surface area contributed by atoms with E-state index in [1.807, 2.05) is 31.2 Å². The third-order valence-electron chi connectivity index (χ3n) is 4.05. The Bertz CT molecular complexity index is 1030. The molecule has 0 saturated heterocycles. The summed E-state index contributed by atoms with van der Waals surface area (Å²) in [5.74, 6) is -0.502. The van der Waals surface area contributed by atoms with Gasteiger partial charge in [0.15, 0.2) is 0 Å². The molecule has 5 nitrogen and oxygen atoms in total. The Balaban J connectivity index is 1.67. The van der Waals surface area contributed by atoms with Crippen LogP contribution in [-0.2, 0) is 21.4 Å². The maximum Gasteiger partial charge on any atom is 0.338 e. The van der Waals surface area contributed by atoms with Crippen LogP contribution in [0.1, 0.15) is 21.5 Å². The monoisotopic (exact) mass is 381 g/mol. The van der Waals surface area contributed by atoms with Crippen LogP contribution in [0, 0.1) is 6.92 Å². The number of benzene rings is 3. The summed E-state index contributed by atoms with van der Waals surface area (Å²) in [5.41, 5.74) is 2.73. The average Bonchev–Trinajstić information content (AvgIpc) is 2.68. The number of carbonyl (C=O) groups excluding carboxylic acids is 1. The number of anilines is 1. The molecule has 0 radical (unpaired) electrons. The number of rotatable bonds is 6. The maximum atomic E-state index is 12.4. The molecule has 1 N–H and O–H groups in total. The zero-order chi connectivity index (χ0) is 19.3. The zero-order valence-electron chi connectivity index (χ0n) is 14.8. The quantitative estimate of drug-likeness (QED) is 0.651. The summed E-state index contributed by atoms with van der Waals surface area (Å²) in [6, 6.07) is 21.9. The van der Waals surface area contributed by atoms with E-state index >= 15 is 0 Å². The van der Waals surface area contributed by atoms with Gasteiger partial charge in [-0.3, -0.25) is 4.72 Å². The minimum absolute atomic E-state index is 0.0711. The SMILES string of the molecule is Cc1ccccc1COC(=O)c1ccc(S(=O)(=O)Nc2ccccc2)cc1. The van der Waals surface area contributed by atoms with E-state index in [9.17, 15) is 13.2 Å². The lowest BCUT2D eigenvalue weighted by molar-refractivity contribution is 0.0472. The molecule has 0 fully saturated rings. The second-order valence-electron chi connectivity index (χ2n) is 6.00. The summed E-state index contributed by atoms with van der Waals surface area (Å²) >= 11 is 0. The molecule has 0 spiro atoms. The van der Waals surface area contributed by atoms with Gasteiger partial charge in [0.05, 0.1) is 10.5 Å². The molecular formula is C21H19NO4S. The van der Waals surface area contributed by atoms with Crippen LogP contribution in [0.15, 0.2) is 83.8 Å². The van der Waals surface area contributed by atoms with Crippen molar-refractivity contribution < 1.29 is 17.9 Å². The van der Waals surface area contributed by atoms with Crippen LogP contribution >= 0.6 is 0 Å². The van der Waals surface area contributed by atoms with Crippen LogP contribution in [-0.4, -0.2) is 14.4 Å². The highest BCUT2D eigenvalue weighted by atomic mass is 32.2. The van der Waals surface area contributed by atoms with Crippen LogP contribution in [0.4, 0.5) is 5.69 Å². The fraction of sp³-hybridized carbons (Fsp3) is 0.0952. The maximum absolute atomic E-state index is 12.4. The smallest absolute Gasteiger partial charge is 0.338 e. The highest BCUT2D eigenvalue weighted by Gasteiger charge is 2.15. The molecule has 0 aromatic heterocycles. The minimum Gasteiger partial charge on any atom is -0.457 e. The second kappa shape index (κ2) is 8.05. The number of esters is 1. The molecule has 3 aromatic carbocycles. The largest absolute Gasteiger partial charge is 0.457 e. The van der Waals surface area contributed by atoms with Gasteiger partial charge in [0, 0.05) is 5.69 Å². The van der Waals surface area contributed by atoms with E-state index in [2.05, 4.69) is 4.72 Å². The van der Waals surface area contributed by atoms with Crippen molar-refractivity contribution in [2.24, 2.45) is 0 Å². The van der Waals surface area contributed by atoms with Crippen molar-refractivity contribution in [1.29, 1.82) is 0 Å². The van der Waals surface area contributed by atoms with Crippen LogP contribution in [0.5, 0.6) is 0 Å². The lowest BCUT2D eigenvalue weighted by atomic mass is 10.1. The van der Waals surface area contributed by atoms with E-state index < -0.39 is 16.0 Å². The fourth-order valence-electron chi connectivity index (χ4n) is 2.49. The van der Waals surface area contributed by atoms with E-state index in [0.29, 0.717) is 11.3 Å². The van der Waals surface area contributed by atoms with Crippen LogP contribution < -0.4 is 4.72 Å². The summed E-state index contributed by atoms with van der Waals surface area (Å²) in [5, 5.41) is 0. The number of para-hydroxylation sites is 1. The van der Waals surface area contributed by atoms with Gasteiger partial charge in [0.1, 0.15) is 6.61 Å². The second-order valence-corrected chi connectivity index (χ2v) is 7.68. The molecule has 0 bridgehead atoms. The van der Waals surface area contributed by atoms with Gasteiger partial charge in [-0.25, -0.2) is 13.2 Å². The number of nitrogens with one attached hydrogen (secondary N) is 1. The van der Waals surface area contributed by atoms with Gasteiger partial charge in [-0.2, -0.15) is 0 Å². The van der Waals surface area contributed by atoms with Crippen molar-refractivity contribution in [2.75, 3.05) is 4.72 Å². The molecule has 0 saturated carbocycles. The van der Waals surface area contributed by atoms with Gasteiger partial charge in [-0.15, -0.1) is 0 Å². The van der Waals surface area contributed by atoms with Gasteiger partial charge >= 0.3 is 5.97 Å². The van der Waals surface area contributed by atoms with Crippen molar-refractivity contribution in [3.8, 4) is 0 Å². The number of sulfonamides is 1. The van der Waals surface area contributed by atoms with Crippen LogP contribution in [0.3, 0.4) is 0 Å². The molecule has 0 aliphatic rings. The Labute approximate surface area is 158 Å². The molecule has 0 aliphatic carbocycles. The normalized spacial score (nSPS) is 11.0. The minimum atomic E-state index is -3.72. The Morgan fingerprint density at radius 3 is 2.19 bits per heavy atom. The summed E-state index contributed by atoms with van der Waals surface area (Å²) in [7, 11) is -3.72. The number of carbonyl (C=O) groups is 1. The van der Waals surface area contributed by atoms with Crippen molar-refractivity contribution in [3.05, 3.63) is 95.6 Å². The van der Waals surface area contributed by atoms with Crippen molar-refractivity contribution in [2.45, 2.75) is 18.4 Å². The molecule has 6 heteroatoms. The number of ether oxygens (including phenoxy) is 1. The first kappa shape index (κ1) is 18.7. The van der Waals surface area contributed by atoms with E-state index in [1.165, 1.54) is 24.3 Å². The van der Waals surface area contributed by atoms with E-state index in [0.717, 1.165) is 11.1 Å². The summed E-state index contributed by atoms with van der Waals surface area (Å²) < 4.78 is 32.6. The molecule has 27 heavy (non-hydrogen) atoms. The molecule has 0 unspecified atom stereocenters. The zero-order valence-corrected chi connectivity index (χ0v) is 15.6. The van der Waals surface area contributed by atoms with Gasteiger partial charge in [0.2, 0.25) is 0 Å². The summed E-state index contributed by atoms with van der Waals surface area (Å²) in [4.78, 5) is 12.3. The van der Waals surface area contributed by atoms with E-state index in [1.54, 1.807) is 30.3 Å². The first-order chi connectivity index (χ1) is 13.0. The Morgan fingerprint density at radius 1 is 0.889 bits per heavy atom. The Morgan fingerprint density at radius 2 is 1.52 bits per heavy atom. The third kappa shape index (κ3) is 4.74. The molecule has 0 amide bonds. The average molecular weight is 381 g/mol. The van der Waals surface area contributed by atoms with E-state index in [4.69, 9.17) is 4.74 Å². The molecular weight excluding hydrogens is 362 g/mol. The first-order valence-electron chi connectivity index (χ1n) is 8.35. The molecule has 0 heterocycles. The third-order valence-corrected chi connectivity index (χ3v) is 5.44. The van der Waals surface area contributed by atoms with Crippen LogP contribution in [0.25, 0.3) is 0 Å². The standard InChI is InChI=1S/C21H19NO4S/c1-16-7-5-6-8-18(16)15-26-21(23)17-11-13-20(14-12-17)27(24,25)22-19-9-3-2-4-10-19/h2-14,22H,15H2,1H3. The van der Waals surface area contributed by atoms with Gasteiger partial charge < -0.3 is 4.74 Å². The van der Waals surface area contributed by atoms with E-state index in [-0.39, 0.29) is 11.5 Å². The fourth-order valence-corrected chi connectivity index (χ4v) is 3.55. The van der Waals surface area contributed by atoms with Gasteiger partial charge in [-0.1, -0.05) is 42.5 Å². The summed E-state index contributed by atoms with van der Waals surface area (Å²) in [6.07, 6.45) is 0. The lowest BCUT2D eigenvalue weighted by Gasteiger charge is -2.09. The Kier molecular flexibility index (Phi) is 5.57. The highest BCUT2D eigenvalue weighted by molar-refractivity contribution is 7.92. The van der Waals surface area contributed by atoms with Gasteiger partial charge in [0.25, 0.3) is 10.0 Å². The predicted molar refractivity (Wildman–Crippen MR) is 104 cm³/mol. The molecule has 0 atom stereocenters. The van der Waals surface area contributed by atoms with Gasteiger partial charge in [-0.05, 0) is 54.4 Å². The number of hydrogen-bond donors (Lipinski definition) is 1. The molecule has 3 aromatic rings. The van der Waals surface area contributed by atoms with Crippen LogP contribution in [0.2, 0.25) is 0 Å². The predicted octanol–water partition coefficient (Wildman–Crippen LogP) is 4.15. The Hall–Kier alpha value is -3.12. The molecule has 3 rings (SSSR count). The topological polar surface area (TPSA) is 72.5 Å². The van der Waals surface area contributed by atoms with Crippen molar-refractivity contribution in [3.63, 3.8) is 0 Å². The highest BCUT2D eigenvalue weighted by Crippen LogP contribution is 2.17. The number of hydrogen-bond acceptors (Lipinski definition) is 4. The molecule has 0 aliphatic heterocycles. The lowest BCUT2D eigenvalue weighted by Crippen LogP contribution is -2.13. The first-order valence-corrected chi connectivity index (χ1v) is 9.83. The van der Waals surface area contributed by atoms with Crippen molar-refractivity contribution in [1.82, 2.24) is 0 Å². The summed E-state index contributed by atoms with van der Waals surface area (Å²) in [6.45, 7) is 2.11. The number of aryl methyl sites for hydroxylation is 1.